The van der Waals surface area contributed by atoms with Gasteiger partial charge in [0.05, 0.1) is 12.0 Å². The number of nitrogens with zero attached hydrogens (tertiary/aromatic N) is 1. The van der Waals surface area contributed by atoms with Gasteiger partial charge in [-0.05, 0) is 18.6 Å². The first-order chi connectivity index (χ1) is 11.3. The molecule has 3 rings (SSSR count). The Balaban J connectivity index is 1.76. The van der Waals surface area contributed by atoms with Crippen molar-refractivity contribution in [3.05, 3.63) is 29.3 Å². The number of hydrogen-bond donors (Lipinski definition) is 3. The second-order valence-corrected chi connectivity index (χ2v) is 5.88. The molecule has 2 saturated heterocycles. The normalized spacial score (nSPS) is 21.2. The lowest BCUT2D eigenvalue weighted by Gasteiger charge is -2.40. The Morgan fingerprint density at radius 2 is 1.88 bits per heavy atom. The van der Waals surface area contributed by atoms with E-state index in [0.29, 0.717) is 13.1 Å². The molecule has 0 bridgehead atoms. The smallest absolute Gasteiger partial charge is 0.405 e. The maximum atomic E-state index is 14.4. The van der Waals surface area contributed by atoms with Gasteiger partial charge in [0.1, 0.15) is 11.6 Å². The quantitative estimate of drug-likeness (QED) is 0.712. The number of carboxylic acid groups (broad SMARTS) is 1. The Morgan fingerprint density at radius 3 is 2.42 bits per heavy atom. The molecule has 128 valence electrons. The summed E-state index contributed by atoms with van der Waals surface area (Å²) in [5.41, 5.74) is -0.0611. The molecule has 1 aromatic carbocycles. The van der Waals surface area contributed by atoms with Gasteiger partial charge in [0, 0.05) is 30.8 Å². The first-order valence-electron chi connectivity index (χ1n) is 7.42. The third-order valence-corrected chi connectivity index (χ3v) is 4.23. The minimum absolute atomic E-state index is 0.0334. The summed E-state index contributed by atoms with van der Waals surface area (Å²) in [5.74, 6) is -3.89. The summed E-state index contributed by atoms with van der Waals surface area (Å²) in [4.78, 5) is 35.1. The van der Waals surface area contributed by atoms with Crippen LogP contribution in [0.4, 0.5) is 19.3 Å². The fraction of sp³-hybridized carbons (Fsp3) is 0.400. The molecule has 9 heteroatoms. The van der Waals surface area contributed by atoms with E-state index >= 15 is 0 Å². The van der Waals surface area contributed by atoms with Crippen LogP contribution >= 0.6 is 0 Å². The van der Waals surface area contributed by atoms with Crippen molar-refractivity contribution in [1.29, 1.82) is 0 Å². The molecule has 3 N–H and O–H groups in total. The lowest BCUT2D eigenvalue weighted by Crippen LogP contribution is -2.59. The van der Waals surface area contributed by atoms with Crippen molar-refractivity contribution in [2.75, 3.05) is 18.0 Å². The number of benzene rings is 1. The van der Waals surface area contributed by atoms with Crippen molar-refractivity contribution in [3.8, 4) is 0 Å². The van der Waals surface area contributed by atoms with Crippen LogP contribution in [0.1, 0.15) is 24.3 Å². The topological polar surface area (TPSA) is 98.7 Å². The second kappa shape index (κ2) is 6.06. The number of halogens is 2. The van der Waals surface area contributed by atoms with E-state index in [0.717, 1.165) is 12.1 Å². The van der Waals surface area contributed by atoms with Crippen LogP contribution in [0.15, 0.2) is 12.1 Å². The van der Waals surface area contributed by atoms with Gasteiger partial charge in [-0.3, -0.25) is 14.9 Å². The zero-order valence-electron chi connectivity index (χ0n) is 12.5. The number of carbonyl (C=O) groups excluding carboxylic acids is 2. The van der Waals surface area contributed by atoms with Gasteiger partial charge in [0.25, 0.3) is 0 Å². The lowest BCUT2D eigenvalue weighted by atomic mass is 9.89. The predicted molar refractivity (Wildman–Crippen MR) is 78.6 cm³/mol. The molecule has 0 aromatic heterocycles. The van der Waals surface area contributed by atoms with Crippen molar-refractivity contribution in [2.24, 2.45) is 0 Å². The molecule has 1 unspecified atom stereocenters. The second-order valence-electron chi connectivity index (χ2n) is 5.88. The number of rotatable bonds is 3. The molecule has 0 spiro atoms. The number of hydrogen-bond acceptors (Lipinski definition) is 4. The predicted octanol–water partition coefficient (Wildman–Crippen LogP) is 0.941. The highest BCUT2D eigenvalue weighted by molar-refractivity contribution is 6.01. The summed E-state index contributed by atoms with van der Waals surface area (Å²) >= 11 is 0. The third kappa shape index (κ3) is 3.01. The van der Waals surface area contributed by atoms with Gasteiger partial charge >= 0.3 is 6.09 Å². The Labute approximate surface area is 135 Å². The molecular formula is C15H15F2N3O4. The van der Waals surface area contributed by atoms with Crippen LogP contribution in [0.2, 0.25) is 0 Å². The van der Waals surface area contributed by atoms with Crippen LogP contribution in [0.3, 0.4) is 0 Å². The van der Waals surface area contributed by atoms with Crippen LogP contribution in [-0.4, -0.2) is 42.1 Å². The van der Waals surface area contributed by atoms with Gasteiger partial charge in [0.2, 0.25) is 11.8 Å². The van der Waals surface area contributed by atoms with E-state index < -0.39 is 35.5 Å². The average molecular weight is 339 g/mol. The fourth-order valence-corrected chi connectivity index (χ4v) is 3.01. The lowest BCUT2D eigenvalue weighted by molar-refractivity contribution is -0.134. The third-order valence-electron chi connectivity index (χ3n) is 4.23. The van der Waals surface area contributed by atoms with E-state index in [1.165, 1.54) is 0 Å². The largest absolute Gasteiger partial charge is 0.465 e. The molecule has 2 heterocycles. The van der Waals surface area contributed by atoms with E-state index in [2.05, 4.69) is 10.6 Å². The summed E-state index contributed by atoms with van der Waals surface area (Å²) in [5, 5.41) is 13.0. The maximum absolute atomic E-state index is 14.4. The number of amides is 3. The van der Waals surface area contributed by atoms with Crippen molar-refractivity contribution in [1.82, 2.24) is 10.6 Å². The molecule has 2 aliphatic rings. The highest BCUT2D eigenvalue weighted by Gasteiger charge is 2.34. The number of anilines is 1. The van der Waals surface area contributed by atoms with E-state index in [-0.39, 0.29) is 30.1 Å². The number of carbonyl (C=O) groups is 3. The molecule has 0 aliphatic carbocycles. The number of imide groups is 1. The summed E-state index contributed by atoms with van der Waals surface area (Å²) in [6.07, 6.45) is -1.05. The van der Waals surface area contributed by atoms with Crippen LogP contribution < -0.4 is 15.5 Å². The minimum atomic E-state index is -1.15. The highest BCUT2D eigenvalue weighted by Crippen LogP contribution is 2.33. The van der Waals surface area contributed by atoms with Crippen molar-refractivity contribution < 1.29 is 28.3 Å². The van der Waals surface area contributed by atoms with Gasteiger partial charge in [-0.1, -0.05) is 0 Å². The van der Waals surface area contributed by atoms with Crippen LogP contribution in [0.5, 0.6) is 0 Å². The van der Waals surface area contributed by atoms with E-state index in [1.54, 1.807) is 4.90 Å². The van der Waals surface area contributed by atoms with Gasteiger partial charge in [0.15, 0.2) is 0 Å². The molecular weight excluding hydrogens is 324 g/mol. The van der Waals surface area contributed by atoms with Gasteiger partial charge in [-0.15, -0.1) is 0 Å². The van der Waals surface area contributed by atoms with E-state index in [9.17, 15) is 23.2 Å². The van der Waals surface area contributed by atoms with Crippen molar-refractivity contribution in [3.63, 3.8) is 0 Å². The van der Waals surface area contributed by atoms with Crippen molar-refractivity contribution in [2.45, 2.75) is 24.8 Å². The van der Waals surface area contributed by atoms with Gasteiger partial charge in [-0.25, -0.2) is 13.6 Å². The summed E-state index contributed by atoms with van der Waals surface area (Å²) in [7, 11) is 0. The number of nitrogens with one attached hydrogen (secondary N) is 2. The summed E-state index contributed by atoms with van der Waals surface area (Å²) in [6, 6.07) is 1.96. The molecule has 2 aliphatic heterocycles. The molecule has 1 aromatic rings. The molecule has 0 radical (unpaired) electrons. The van der Waals surface area contributed by atoms with Crippen LogP contribution in [0, 0.1) is 11.6 Å². The summed E-state index contributed by atoms with van der Waals surface area (Å²) < 4.78 is 28.7. The molecule has 0 saturated carbocycles. The Kier molecular flexibility index (Phi) is 4.08. The SMILES string of the molecule is O=C(O)NC1CN(c2cc(F)c(C3CCC(=O)NC3=O)c(F)c2)C1. The standard InChI is InChI=1S/C15H15F2N3O4/c16-10-3-8(20-5-7(6-20)18-15(23)24)4-11(17)13(10)9-1-2-12(21)19-14(9)22/h3-4,7,9,18H,1-2,5-6H2,(H,23,24)(H,19,21,22). The molecule has 1 atom stereocenters. The minimum Gasteiger partial charge on any atom is -0.465 e. The Morgan fingerprint density at radius 1 is 1.25 bits per heavy atom. The Hall–Kier alpha value is -2.71. The zero-order valence-corrected chi connectivity index (χ0v) is 12.5. The first-order valence-corrected chi connectivity index (χ1v) is 7.42. The monoisotopic (exact) mass is 339 g/mol. The fourth-order valence-electron chi connectivity index (χ4n) is 3.01. The number of piperidine rings is 1. The zero-order chi connectivity index (χ0) is 17.4. The Bertz CT molecular complexity index is 696. The van der Waals surface area contributed by atoms with Crippen molar-refractivity contribution >= 4 is 23.6 Å². The molecule has 24 heavy (non-hydrogen) atoms. The average Bonchev–Trinajstić information content (AvgIpc) is 2.43. The highest BCUT2D eigenvalue weighted by atomic mass is 19.1. The van der Waals surface area contributed by atoms with Crippen LogP contribution in [-0.2, 0) is 9.59 Å². The van der Waals surface area contributed by atoms with Crippen LogP contribution in [0.25, 0.3) is 0 Å². The molecule has 3 amide bonds. The molecule has 7 nitrogen and oxygen atoms in total. The van der Waals surface area contributed by atoms with Gasteiger partial charge in [-0.2, -0.15) is 0 Å². The first kappa shape index (κ1) is 16.2. The van der Waals surface area contributed by atoms with E-state index in [4.69, 9.17) is 5.11 Å². The maximum Gasteiger partial charge on any atom is 0.405 e. The summed E-state index contributed by atoms with van der Waals surface area (Å²) in [6.45, 7) is 0.617. The molecule has 2 fully saturated rings. The van der Waals surface area contributed by atoms with Gasteiger partial charge < -0.3 is 15.3 Å². The van der Waals surface area contributed by atoms with E-state index in [1.807, 2.05) is 0 Å².